The minimum Gasteiger partial charge on any atom is -0.294 e. The Morgan fingerprint density at radius 1 is 1.50 bits per heavy atom. The Kier molecular flexibility index (Phi) is 4.14. The second-order valence-corrected chi connectivity index (χ2v) is 4.93. The molecule has 0 aliphatic carbocycles. The molecule has 0 saturated heterocycles. The second-order valence-electron chi connectivity index (χ2n) is 3.33. The van der Waals surface area contributed by atoms with Crippen molar-refractivity contribution >= 4 is 17.5 Å². The number of ketones is 1. The molecule has 0 N–H and O–H groups in total. The van der Waals surface area contributed by atoms with E-state index in [4.69, 9.17) is 0 Å². The summed E-state index contributed by atoms with van der Waals surface area (Å²) >= 11 is 1.70. The molecule has 0 unspecified atom stereocenters. The maximum atomic E-state index is 11.3. The maximum Gasteiger partial charge on any atom is 0.164 e. The number of hydrogen-bond donors (Lipinski definition) is 0. The SMILES string of the molecule is CCC(=O)c1ccc(SC(C)C)nc1. The molecular formula is C11H15NOS. The van der Waals surface area contributed by atoms with Gasteiger partial charge in [0.25, 0.3) is 0 Å². The highest BCUT2D eigenvalue weighted by molar-refractivity contribution is 7.99. The largest absolute Gasteiger partial charge is 0.294 e. The molecule has 0 bridgehead atoms. The van der Waals surface area contributed by atoms with E-state index in [1.54, 1.807) is 18.0 Å². The molecule has 1 aromatic heterocycles. The lowest BCUT2D eigenvalue weighted by atomic mass is 10.1. The number of carbonyl (C=O) groups excluding carboxylic acids is 1. The van der Waals surface area contributed by atoms with Gasteiger partial charge in [0.2, 0.25) is 0 Å². The summed E-state index contributed by atoms with van der Waals surface area (Å²) in [5.74, 6) is 0.151. The first-order valence-electron chi connectivity index (χ1n) is 4.79. The van der Waals surface area contributed by atoms with Gasteiger partial charge in [-0.3, -0.25) is 4.79 Å². The third-order valence-electron chi connectivity index (χ3n) is 1.74. The number of pyridine rings is 1. The summed E-state index contributed by atoms with van der Waals surface area (Å²) in [5.41, 5.74) is 0.709. The predicted molar refractivity (Wildman–Crippen MR) is 59.9 cm³/mol. The van der Waals surface area contributed by atoms with Crippen LogP contribution in [0.1, 0.15) is 37.6 Å². The van der Waals surface area contributed by atoms with Gasteiger partial charge in [-0.15, -0.1) is 11.8 Å². The van der Waals surface area contributed by atoms with Crippen LogP contribution in [0.2, 0.25) is 0 Å². The van der Waals surface area contributed by atoms with Crippen LogP contribution >= 0.6 is 11.8 Å². The van der Waals surface area contributed by atoms with Crippen LogP contribution < -0.4 is 0 Å². The summed E-state index contributed by atoms with van der Waals surface area (Å²) in [6, 6.07) is 3.76. The highest BCUT2D eigenvalue weighted by Gasteiger charge is 2.04. The number of aromatic nitrogens is 1. The lowest BCUT2D eigenvalue weighted by molar-refractivity contribution is 0.0987. The van der Waals surface area contributed by atoms with E-state index in [2.05, 4.69) is 18.8 Å². The Morgan fingerprint density at radius 3 is 2.64 bits per heavy atom. The lowest BCUT2D eigenvalue weighted by Gasteiger charge is -2.03. The van der Waals surface area contributed by atoms with Crippen molar-refractivity contribution in [1.29, 1.82) is 0 Å². The zero-order chi connectivity index (χ0) is 10.6. The van der Waals surface area contributed by atoms with Gasteiger partial charge in [0, 0.05) is 23.4 Å². The Balaban J connectivity index is 2.73. The van der Waals surface area contributed by atoms with E-state index in [-0.39, 0.29) is 5.78 Å². The number of Topliss-reactive ketones (excluding diaryl/α,β-unsaturated/α-hetero) is 1. The Morgan fingerprint density at radius 2 is 2.21 bits per heavy atom. The molecule has 1 heterocycles. The van der Waals surface area contributed by atoms with Crippen molar-refractivity contribution in [2.75, 3.05) is 0 Å². The van der Waals surface area contributed by atoms with Crippen LogP contribution in [0.15, 0.2) is 23.4 Å². The van der Waals surface area contributed by atoms with Gasteiger partial charge in [-0.1, -0.05) is 20.8 Å². The van der Waals surface area contributed by atoms with Crippen LogP contribution in [0.4, 0.5) is 0 Å². The van der Waals surface area contributed by atoms with Gasteiger partial charge in [-0.25, -0.2) is 4.98 Å². The second kappa shape index (κ2) is 5.15. The molecule has 3 heteroatoms. The molecule has 0 aliphatic heterocycles. The van der Waals surface area contributed by atoms with Gasteiger partial charge in [-0.2, -0.15) is 0 Å². The van der Waals surface area contributed by atoms with Gasteiger partial charge in [0.05, 0.1) is 5.03 Å². The van der Waals surface area contributed by atoms with E-state index >= 15 is 0 Å². The van der Waals surface area contributed by atoms with E-state index in [0.717, 1.165) is 5.03 Å². The molecule has 0 aliphatic rings. The number of hydrogen-bond acceptors (Lipinski definition) is 3. The lowest BCUT2D eigenvalue weighted by Crippen LogP contribution is -1.97. The fourth-order valence-electron chi connectivity index (χ4n) is 1.06. The van der Waals surface area contributed by atoms with Gasteiger partial charge in [-0.05, 0) is 12.1 Å². The van der Waals surface area contributed by atoms with Crippen LogP contribution in [0.5, 0.6) is 0 Å². The van der Waals surface area contributed by atoms with Gasteiger partial charge < -0.3 is 0 Å². The molecule has 0 amide bonds. The standard InChI is InChI=1S/C11H15NOS/c1-4-10(13)9-5-6-11(12-7-9)14-8(2)3/h5-8H,4H2,1-3H3. The van der Waals surface area contributed by atoms with E-state index in [1.807, 2.05) is 19.1 Å². The van der Waals surface area contributed by atoms with Crippen molar-refractivity contribution in [1.82, 2.24) is 4.98 Å². The summed E-state index contributed by atoms with van der Waals surface area (Å²) in [4.78, 5) is 15.5. The molecule has 14 heavy (non-hydrogen) atoms. The number of carbonyl (C=O) groups is 1. The first-order valence-corrected chi connectivity index (χ1v) is 5.67. The zero-order valence-electron chi connectivity index (χ0n) is 8.78. The quantitative estimate of drug-likeness (QED) is 0.563. The fourth-order valence-corrected chi connectivity index (χ4v) is 1.80. The van der Waals surface area contributed by atoms with Crippen LogP contribution in [0.3, 0.4) is 0 Å². The minimum absolute atomic E-state index is 0.151. The summed E-state index contributed by atoms with van der Waals surface area (Å²) in [7, 11) is 0. The van der Waals surface area contributed by atoms with Crippen molar-refractivity contribution in [2.24, 2.45) is 0 Å². The maximum absolute atomic E-state index is 11.3. The van der Waals surface area contributed by atoms with Gasteiger partial charge in [0.1, 0.15) is 0 Å². The first kappa shape index (κ1) is 11.2. The smallest absolute Gasteiger partial charge is 0.164 e. The van der Waals surface area contributed by atoms with Crippen molar-refractivity contribution in [3.05, 3.63) is 23.9 Å². The van der Waals surface area contributed by atoms with Crippen molar-refractivity contribution in [3.63, 3.8) is 0 Å². The average Bonchev–Trinajstić information content (AvgIpc) is 2.17. The van der Waals surface area contributed by atoms with E-state index in [0.29, 0.717) is 17.2 Å². The van der Waals surface area contributed by atoms with Crippen molar-refractivity contribution < 1.29 is 4.79 Å². The molecule has 0 fully saturated rings. The molecule has 1 aromatic rings. The normalized spacial score (nSPS) is 10.6. The van der Waals surface area contributed by atoms with E-state index in [9.17, 15) is 4.79 Å². The molecule has 0 spiro atoms. The van der Waals surface area contributed by atoms with Gasteiger partial charge in [0.15, 0.2) is 5.78 Å². The average molecular weight is 209 g/mol. The third-order valence-corrected chi connectivity index (χ3v) is 2.69. The van der Waals surface area contributed by atoms with E-state index < -0.39 is 0 Å². The van der Waals surface area contributed by atoms with Crippen molar-refractivity contribution in [2.45, 2.75) is 37.5 Å². The minimum atomic E-state index is 0.151. The highest BCUT2D eigenvalue weighted by Crippen LogP contribution is 2.20. The molecule has 0 radical (unpaired) electrons. The van der Waals surface area contributed by atoms with Crippen LogP contribution in [0, 0.1) is 0 Å². The molecule has 1 rings (SSSR count). The third kappa shape index (κ3) is 3.14. The topological polar surface area (TPSA) is 30.0 Å². The summed E-state index contributed by atoms with van der Waals surface area (Å²) < 4.78 is 0. The Bertz CT molecular complexity index is 306. The monoisotopic (exact) mass is 209 g/mol. The predicted octanol–water partition coefficient (Wildman–Crippen LogP) is 3.17. The summed E-state index contributed by atoms with van der Waals surface area (Å²) in [6.07, 6.45) is 2.20. The molecular weight excluding hydrogens is 194 g/mol. The van der Waals surface area contributed by atoms with Crippen LogP contribution in [-0.2, 0) is 0 Å². The Labute approximate surface area is 89.1 Å². The van der Waals surface area contributed by atoms with Crippen LogP contribution in [-0.4, -0.2) is 16.0 Å². The molecule has 0 aromatic carbocycles. The number of thioether (sulfide) groups is 1. The summed E-state index contributed by atoms with van der Waals surface area (Å²) in [6.45, 7) is 6.11. The Hall–Kier alpha value is -0.830. The first-order chi connectivity index (χ1) is 6.63. The van der Waals surface area contributed by atoms with Gasteiger partial charge >= 0.3 is 0 Å². The van der Waals surface area contributed by atoms with E-state index in [1.165, 1.54) is 0 Å². The summed E-state index contributed by atoms with van der Waals surface area (Å²) in [5, 5.41) is 1.50. The van der Waals surface area contributed by atoms with Crippen LogP contribution in [0.25, 0.3) is 0 Å². The number of nitrogens with zero attached hydrogens (tertiary/aromatic N) is 1. The fraction of sp³-hybridized carbons (Fsp3) is 0.455. The molecule has 0 atom stereocenters. The van der Waals surface area contributed by atoms with Crippen molar-refractivity contribution in [3.8, 4) is 0 Å². The highest BCUT2D eigenvalue weighted by atomic mass is 32.2. The zero-order valence-corrected chi connectivity index (χ0v) is 9.60. The molecule has 76 valence electrons. The molecule has 2 nitrogen and oxygen atoms in total. The number of rotatable bonds is 4. The molecule has 0 saturated carbocycles.